The monoisotopic (exact) mass is 332 g/mol. The van der Waals surface area contributed by atoms with Crippen molar-refractivity contribution in [2.24, 2.45) is 0 Å². The smallest absolute Gasteiger partial charge is 0.354 e. The Morgan fingerprint density at radius 3 is 2.68 bits per heavy atom. The SMILES string of the molecule is CCN1CCN(c2cc(CNC(=O)C(F)(F)Cl)ccn2)CC1. The van der Waals surface area contributed by atoms with Gasteiger partial charge in [0.1, 0.15) is 5.82 Å². The third kappa shape index (κ3) is 4.51. The zero-order valence-electron chi connectivity index (χ0n) is 12.4. The Balaban J connectivity index is 1.94. The summed E-state index contributed by atoms with van der Waals surface area (Å²) in [7, 11) is 0. The first kappa shape index (κ1) is 16.9. The first-order chi connectivity index (χ1) is 10.4. The highest BCUT2D eigenvalue weighted by molar-refractivity contribution is 6.32. The highest BCUT2D eigenvalue weighted by Gasteiger charge is 2.35. The molecule has 1 amide bonds. The number of hydrogen-bond donors (Lipinski definition) is 1. The molecule has 1 fully saturated rings. The fourth-order valence-corrected chi connectivity index (χ4v) is 2.39. The molecule has 0 spiro atoms. The van der Waals surface area contributed by atoms with Crippen LogP contribution in [0.2, 0.25) is 0 Å². The van der Waals surface area contributed by atoms with E-state index < -0.39 is 11.3 Å². The van der Waals surface area contributed by atoms with E-state index in [4.69, 9.17) is 0 Å². The van der Waals surface area contributed by atoms with Gasteiger partial charge in [-0.05, 0) is 35.8 Å². The number of nitrogens with zero attached hydrogens (tertiary/aromatic N) is 3. The van der Waals surface area contributed by atoms with E-state index in [1.54, 1.807) is 18.3 Å². The van der Waals surface area contributed by atoms with Crippen LogP contribution in [0, 0.1) is 0 Å². The molecular weight excluding hydrogens is 314 g/mol. The van der Waals surface area contributed by atoms with Crippen LogP contribution in [-0.2, 0) is 11.3 Å². The van der Waals surface area contributed by atoms with E-state index in [-0.39, 0.29) is 6.54 Å². The summed E-state index contributed by atoms with van der Waals surface area (Å²) in [5.74, 6) is -0.704. The molecule has 2 rings (SSSR count). The summed E-state index contributed by atoms with van der Waals surface area (Å²) >= 11 is 4.66. The van der Waals surface area contributed by atoms with Crippen LogP contribution in [0.3, 0.4) is 0 Å². The number of pyridine rings is 1. The molecule has 0 bridgehead atoms. The number of halogens is 3. The van der Waals surface area contributed by atoms with Crippen molar-refractivity contribution in [2.45, 2.75) is 18.9 Å². The van der Waals surface area contributed by atoms with Gasteiger partial charge in [0.2, 0.25) is 0 Å². The Morgan fingerprint density at radius 1 is 1.41 bits per heavy atom. The van der Waals surface area contributed by atoms with Gasteiger partial charge in [-0.1, -0.05) is 6.92 Å². The normalized spacial score (nSPS) is 16.6. The molecule has 0 aromatic carbocycles. The summed E-state index contributed by atoms with van der Waals surface area (Å²) in [6, 6.07) is 3.48. The summed E-state index contributed by atoms with van der Waals surface area (Å²) in [5, 5.41) is -1.77. The van der Waals surface area contributed by atoms with Gasteiger partial charge in [-0.15, -0.1) is 0 Å². The standard InChI is InChI=1S/C14H19ClF2N4O/c1-2-20-5-7-21(8-6-20)12-9-11(3-4-18-12)10-19-13(22)14(15,16)17/h3-4,9H,2,5-8,10H2,1H3,(H,19,22). The lowest BCUT2D eigenvalue weighted by atomic mass is 10.2. The average molecular weight is 333 g/mol. The van der Waals surface area contributed by atoms with E-state index in [2.05, 4.69) is 38.6 Å². The van der Waals surface area contributed by atoms with Crippen molar-refractivity contribution in [3.05, 3.63) is 23.9 Å². The minimum absolute atomic E-state index is 0.00834. The van der Waals surface area contributed by atoms with Crippen LogP contribution in [0.5, 0.6) is 0 Å². The molecule has 0 aliphatic carbocycles. The van der Waals surface area contributed by atoms with Gasteiger partial charge in [-0.25, -0.2) is 4.98 Å². The second-order valence-corrected chi connectivity index (χ2v) is 5.60. The number of piperazine rings is 1. The molecule has 5 nitrogen and oxygen atoms in total. The van der Waals surface area contributed by atoms with Gasteiger partial charge in [0.05, 0.1) is 0 Å². The van der Waals surface area contributed by atoms with Crippen molar-refractivity contribution in [2.75, 3.05) is 37.6 Å². The number of anilines is 1. The van der Waals surface area contributed by atoms with Crippen LogP contribution >= 0.6 is 11.6 Å². The molecule has 1 N–H and O–H groups in total. The molecule has 2 heterocycles. The van der Waals surface area contributed by atoms with Gasteiger partial charge < -0.3 is 15.1 Å². The molecule has 0 radical (unpaired) electrons. The first-order valence-corrected chi connectivity index (χ1v) is 7.55. The van der Waals surface area contributed by atoms with Crippen molar-refractivity contribution >= 4 is 23.3 Å². The Hall–Kier alpha value is -1.47. The van der Waals surface area contributed by atoms with Crippen molar-refractivity contribution in [1.82, 2.24) is 15.2 Å². The van der Waals surface area contributed by atoms with Gasteiger partial charge in [0.15, 0.2) is 0 Å². The number of rotatable bonds is 5. The molecular formula is C14H19ClF2N4O. The third-order valence-corrected chi connectivity index (χ3v) is 3.84. The topological polar surface area (TPSA) is 48.5 Å². The lowest BCUT2D eigenvalue weighted by Crippen LogP contribution is -2.46. The molecule has 0 unspecified atom stereocenters. The summed E-state index contributed by atoms with van der Waals surface area (Å²) in [6.45, 7) is 6.83. The predicted molar refractivity (Wildman–Crippen MR) is 81.2 cm³/mol. The lowest BCUT2D eigenvalue weighted by molar-refractivity contribution is -0.135. The zero-order chi connectivity index (χ0) is 16.2. The molecule has 0 saturated carbocycles. The zero-order valence-corrected chi connectivity index (χ0v) is 13.1. The van der Waals surface area contributed by atoms with Crippen molar-refractivity contribution in [3.8, 4) is 0 Å². The second-order valence-electron chi connectivity index (χ2n) is 5.12. The van der Waals surface area contributed by atoms with E-state index in [0.29, 0.717) is 5.56 Å². The highest BCUT2D eigenvalue weighted by atomic mass is 35.5. The third-order valence-electron chi connectivity index (χ3n) is 3.66. The maximum Gasteiger partial charge on any atom is 0.399 e. The van der Waals surface area contributed by atoms with E-state index >= 15 is 0 Å². The van der Waals surface area contributed by atoms with Crippen LogP contribution in [0.4, 0.5) is 14.6 Å². The van der Waals surface area contributed by atoms with Gasteiger partial charge in [-0.2, -0.15) is 8.78 Å². The van der Waals surface area contributed by atoms with E-state index in [1.165, 1.54) is 0 Å². The van der Waals surface area contributed by atoms with Gasteiger partial charge in [0.25, 0.3) is 0 Å². The number of carbonyl (C=O) groups is 1. The van der Waals surface area contributed by atoms with E-state index in [0.717, 1.165) is 38.5 Å². The van der Waals surface area contributed by atoms with Gasteiger partial charge in [-0.3, -0.25) is 4.79 Å². The number of nitrogens with one attached hydrogen (secondary N) is 1. The lowest BCUT2D eigenvalue weighted by Gasteiger charge is -2.34. The number of amides is 1. The van der Waals surface area contributed by atoms with Crippen molar-refractivity contribution in [3.63, 3.8) is 0 Å². The van der Waals surface area contributed by atoms with Crippen molar-refractivity contribution < 1.29 is 13.6 Å². The van der Waals surface area contributed by atoms with Crippen molar-refractivity contribution in [1.29, 1.82) is 0 Å². The van der Waals surface area contributed by atoms with Crippen LogP contribution in [-0.4, -0.2) is 53.9 Å². The molecule has 8 heteroatoms. The molecule has 1 saturated heterocycles. The maximum absolute atomic E-state index is 12.6. The minimum Gasteiger partial charge on any atom is -0.354 e. The molecule has 1 aliphatic heterocycles. The second kappa shape index (κ2) is 7.19. The predicted octanol–water partition coefficient (Wildman–Crippen LogP) is 1.67. The van der Waals surface area contributed by atoms with Crippen LogP contribution in [0.15, 0.2) is 18.3 Å². The molecule has 1 aromatic rings. The Bertz CT molecular complexity index is 516. The Morgan fingerprint density at radius 2 is 2.09 bits per heavy atom. The molecule has 1 aliphatic rings. The fraction of sp³-hybridized carbons (Fsp3) is 0.571. The van der Waals surface area contributed by atoms with Crippen LogP contribution in [0.1, 0.15) is 12.5 Å². The molecule has 122 valence electrons. The minimum atomic E-state index is -3.88. The fourth-order valence-electron chi connectivity index (χ4n) is 2.32. The summed E-state index contributed by atoms with van der Waals surface area (Å²) in [6.07, 6.45) is 1.61. The summed E-state index contributed by atoms with van der Waals surface area (Å²) in [4.78, 5) is 19.9. The summed E-state index contributed by atoms with van der Waals surface area (Å²) in [5.41, 5.74) is 0.706. The van der Waals surface area contributed by atoms with Gasteiger partial charge >= 0.3 is 11.3 Å². The molecule has 1 aromatic heterocycles. The number of likely N-dealkylation sites (N-methyl/N-ethyl adjacent to an activating group) is 1. The number of hydrogen-bond acceptors (Lipinski definition) is 4. The number of alkyl halides is 3. The Kier molecular flexibility index (Phi) is 5.52. The quantitative estimate of drug-likeness (QED) is 0.833. The van der Waals surface area contributed by atoms with Crippen LogP contribution in [0.25, 0.3) is 0 Å². The highest BCUT2D eigenvalue weighted by Crippen LogP contribution is 2.19. The van der Waals surface area contributed by atoms with E-state index in [1.807, 2.05) is 0 Å². The number of aromatic nitrogens is 1. The van der Waals surface area contributed by atoms with Gasteiger partial charge in [0, 0.05) is 38.9 Å². The van der Waals surface area contributed by atoms with E-state index in [9.17, 15) is 13.6 Å². The largest absolute Gasteiger partial charge is 0.399 e. The summed E-state index contributed by atoms with van der Waals surface area (Å²) < 4.78 is 25.2. The van der Waals surface area contributed by atoms with Crippen LogP contribution < -0.4 is 10.2 Å². The average Bonchev–Trinajstić information content (AvgIpc) is 2.52. The maximum atomic E-state index is 12.6. The molecule has 0 atom stereocenters. The molecule has 22 heavy (non-hydrogen) atoms. The Labute approximate surface area is 133 Å². The number of carbonyl (C=O) groups excluding carboxylic acids is 1. The first-order valence-electron chi connectivity index (χ1n) is 7.17.